The molecule has 2 aromatic carbocycles. The Kier molecular flexibility index (Phi) is 5.94. The summed E-state index contributed by atoms with van der Waals surface area (Å²) in [6, 6.07) is 10.9. The Balaban J connectivity index is 1.88. The minimum absolute atomic E-state index is 0.00133. The van der Waals surface area contributed by atoms with Crippen molar-refractivity contribution in [2.24, 2.45) is 0 Å². The van der Waals surface area contributed by atoms with Gasteiger partial charge in [-0.2, -0.15) is 0 Å². The third-order valence-corrected chi connectivity index (χ3v) is 3.39. The van der Waals surface area contributed by atoms with Crippen LogP contribution >= 0.6 is 0 Å². The Morgan fingerprint density at radius 3 is 2.36 bits per heavy atom. The van der Waals surface area contributed by atoms with Crippen molar-refractivity contribution in [3.8, 4) is 5.75 Å². The Hall–Kier alpha value is -3.09. The summed E-state index contributed by atoms with van der Waals surface area (Å²) < 4.78 is 23.2. The number of nitrogens with zero attached hydrogens (tertiary/aromatic N) is 1. The molecule has 0 saturated heterocycles. The van der Waals surface area contributed by atoms with E-state index in [1.807, 2.05) is 31.1 Å². The van der Waals surface area contributed by atoms with E-state index in [0.717, 1.165) is 11.8 Å². The summed E-state index contributed by atoms with van der Waals surface area (Å²) in [6.07, 6.45) is 0. The molecule has 0 saturated carbocycles. The minimum Gasteiger partial charge on any atom is -0.494 e. The maximum Gasteiger partial charge on any atom is 0.338 e. The molecule has 2 aromatic rings. The first-order valence-electron chi connectivity index (χ1n) is 7.48. The molecule has 1 amide bonds. The van der Waals surface area contributed by atoms with E-state index < -0.39 is 24.3 Å². The third-order valence-electron chi connectivity index (χ3n) is 3.39. The van der Waals surface area contributed by atoms with Gasteiger partial charge in [0, 0.05) is 25.5 Å². The van der Waals surface area contributed by atoms with Gasteiger partial charge in [0.05, 0.1) is 12.7 Å². The summed E-state index contributed by atoms with van der Waals surface area (Å²) in [7, 11) is 5.15. The van der Waals surface area contributed by atoms with Crippen LogP contribution in [0.2, 0.25) is 0 Å². The van der Waals surface area contributed by atoms with Gasteiger partial charge >= 0.3 is 5.97 Å². The van der Waals surface area contributed by atoms with Gasteiger partial charge in [-0.15, -0.1) is 0 Å². The lowest BCUT2D eigenvalue weighted by Gasteiger charge is -2.13. The van der Waals surface area contributed by atoms with Crippen molar-refractivity contribution >= 4 is 23.3 Å². The number of rotatable bonds is 6. The van der Waals surface area contributed by atoms with E-state index in [1.165, 1.54) is 19.2 Å². The van der Waals surface area contributed by atoms with Crippen LogP contribution in [0.5, 0.6) is 5.75 Å². The molecule has 6 nitrogen and oxygen atoms in total. The van der Waals surface area contributed by atoms with Crippen molar-refractivity contribution in [1.29, 1.82) is 0 Å². The van der Waals surface area contributed by atoms with Gasteiger partial charge < -0.3 is 19.7 Å². The highest BCUT2D eigenvalue weighted by Crippen LogP contribution is 2.18. The summed E-state index contributed by atoms with van der Waals surface area (Å²) in [6.45, 7) is -0.470. The normalized spacial score (nSPS) is 10.1. The zero-order valence-electron chi connectivity index (χ0n) is 14.2. The van der Waals surface area contributed by atoms with Crippen LogP contribution in [0.4, 0.5) is 15.8 Å². The SMILES string of the molecule is COc1ccc(C(=O)OCC(=O)Nc2ccc(N(C)C)cc2)cc1F. The summed E-state index contributed by atoms with van der Waals surface area (Å²) in [5.74, 6) is -1.93. The molecule has 0 aromatic heterocycles. The number of methoxy groups -OCH3 is 1. The number of carbonyl (C=O) groups excluding carboxylic acids is 2. The third kappa shape index (κ3) is 4.94. The van der Waals surface area contributed by atoms with Crippen molar-refractivity contribution in [2.75, 3.05) is 38.0 Å². The number of benzene rings is 2. The maximum atomic E-state index is 13.6. The van der Waals surface area contributed by atoms with E-state index in [0.29, 0.717) is 5.69 Å². The summed E-state index contributed by atoms with van der Waals surface area (Å²) in [5.41, 5.74) is 1.58. The monoisotopic (exact) mass is 346 g/mol. The van der Waals surface area contributed by atoms with Gasteiger partial charge in [0.25, 0.3) is 5.91 Å². The maximum absolute atomic E-state index is 13.6. The second kappa shape index (κ2) is 8.14. The predicted molar refractivity (Wildman–Crippen MR) is 92.6 cm³/mol. The molecule has 0 radical (unpaired) electrons. The molecule has 132 valence electrons. The van der Waals surface area contributed by atoms with E-state index in [9.17, 15) is 14.0 Å². The summed E-state index contributed by atoms with van der Waals surface area (Å²) >= 11 is 0. The van der Waals surface area contributed by atoms with Crippen molar-refractivity contribution < 1.29 is 23.5 Å². The van der Waals surface area contributed by atoms with Gasteiger partial charge in [0.1, 0.15) is 0 Å². The van der Waals surface area contributed by atoms with Gasteiger partial charge in [0.15, 0.2) is 18.2 Å². The van der Waals surface area contributed by atoms with E-state index in [1.54, 1.807) is 12.1 Å². The molecule has 2 rings (SSSR count). The first-order chi connectivity index (χ1) is 11.9. The van der Waals surface area contributed by atoms with Crippen LogP contribution in [0.25, 0.3) is 0 Å². The van der Waals surface area contributed by atoms with Gasteiger partial charge in [-0.05, 0) is 42.5 Å². The Morgan fingerprint density at radius 1 is 1.12 bits per heavy atom. The molecule has 0 bridgehead atoms. The van der Waals surface area contributed by atoms with Gasteiger partial charge in [-0.25, -0.2) is 9.18 Å². The standard InChI is InChI=1S/C18H19FN2O4/c1-21(2)14-7-5-13(6-8-14)20-17(22)11-25-18(23)12-4-9-16(24-3)15(19)10-12/h4-10H,11H2,1-3H3,(H,20,22). The molecule has 0 aliphatic heterocycles. The fraction of sp³-hybridized carbons (Fsp3) is 0.222. The average Bonchev–Trinajstić information content (AvgIpc) is 2.60. The number of ether oxygens (including phenoxy) is 2. The molecule has 0 spiro atoms. The lowest BCUT2D eigenvalue weighted by Crippen LogP contribution is -2.21. The Morgan fingerprint density at radius 2 is 1.80 bits per heavy atom. The van der Waals surface area contributed by atoms with Crippen LogP contribution in [0.15, 0.2) is 42.5 Å². The highest BCUT2D eigenvalue weighted by Gasteiger charge is 2.13. The van der Waals surface area contributed by atoms with E-state index in [4.69, 9.17) is 9.47 Å². The van der Waals surface area contributed by atoms with Crippen LogP contribution in [0.1, 0.15) is 10.4 Å². The zero-order chi connectivity index (χ0) is 18.4. The molecule has 25 heavy (non-hydrogen) atoms. The van der Waals surface area contributed by atoms with Crippen LogP contribution in [-0.4, -0.2) is 39.7 Å². The van der Waals surface area contributed by atoms with Crippen molar-refractivity contribution in [3.05, 3.63) is 53.8 Å². The smallest absolute Gasteiger partial charge is 0.338 e. The van der Waals surface area contributed by atoms with Gasteiger partial charge in [-0.3, -0.25) is 4.79 Å². The second-order valence-corrected chi connectivity index (χ2v) is 5.41. The molecule has 0 heterocycles. The largest absolute Gasteiger partial charge is 0.494 e. The number of hydrogen-bond donors (Lipinski definition) is 1. The van der Waals surface area contributed by atoms with E-state index in [-0.39, 0.29) is 11.3 Å². The molecule has 0 fully saturated rings. The number of amides is 1. The first-order valence-corrected chi connectivity index (χ1v) is 7.48. The molecule has 0 unspecified atom stereocenters. The lowest BCUT2D eigenvalue weighted by molar-refractivity contribution is -0.119. The number of carbonyl (C=O) groups is 2. The van der Waals surface area contributed by atoms with Gasteiger partial charge in [-0.1, -0.05) is 0 Å². The van der Waals surface area contributed by atoms with E-state index in [2.05, 4.69) is 5.32 Å². The highest BCUT2D eigenvalue weighted by atomic mass is 19.1. The van der Waals surface area contributed by atoms with E-state index >= 15 is 0 Å². The molecule has 1 N–H and O–H groups in total. The summed E-state index contributed by atoms with van der Waals surface area (Å²) in [5, 5.41) is 2.62. The number of esters is 1. The first kappa shape index (κ1) is 18.3. The quantitative estimate of drug-likeness (QED) is 0.815. The van der Waals surface area contributed by atoms with Crippen LogP contribution in [0.3, 0.4) is 0 Å². The topological polar surface area (TPSA) is 67.9 Å². The fourth-order valence-corrected chi connectivity index (χ4v) is 2.05. The summed E-state index contributed by atoms with van der Waals surface area (Å²) in [4.78, 5) is 25.6. The van der Waals surface area contributed by atoms with Crippen LogP contribution in [0, 0.1) is 5.82 Å². The number of halogens is 1. The van der Waals surface area contributed by atoms with Crippen molar-refractivity contribution in [1.82, 2.24) is 0 Å². The predicted octanol–water partition coefficient (Wildman–Crippen LogP) is 2.70. The molecule has 0 aliphatic rings. The average molecular weight is 346 g/mol. The Bertz CT molecular complexity index is 760. The molecular formula is C18H19FN2O4. The molecule has 0 aliphatic carbocycles. The molecular weight excluding hydrogens is 327 g/mol. The van der Waals surface area contributed by atoms with Crippen LogP contribution in [-0.2, 0) is 9.53 Å². The molecule has 7 heteroatoms. The van der Waals surface area contributed by atoms with Crippen molar-refractivity contribution in [3.63, 3.8) is 0 Å². The second-order valence-electron chi connectivity index (χ2n) is 5.41. The fourth-order valence-electron chi connectivity index (χ4n) is 2.05. The number of anilines is 2. The molecule has 0 atom stereocenters. The zero-order valence-corrected chi connectivity index (χ0v) is 14.2. The minimum atomic E-state index is -0.792. The van der Waals surface area contributed by atoms with Crippen molar-refractivity contribution in [2.45, 2.75) is 0 Å². The lowest BCUT2D eigenvalue weighted by atomic mass is 10.2. The van der Waals surface area contributed by atoms with Gasteiger partial charge in [0.2, 0.25) is 0 Å². The number of nitrogens with one attached hydrogen (secondary N) is 1. The van der Waals surface area contributed by atoms with Crippen LogP contribution < -0.4 is 15.0 Å². The highest BCUT2D eigenvalue weighted by molar-refractivity contribution is 5.95. The number of hydrogen-bond acceptors (Lipinski definition) is 5. The Labute approximate surface area is 145 Å².